The van der Waals surface area contributed by atoms with Gasteiger partial charge >= 0.3 is 0 Å². The maximum absolute atomic E-state index is 12.1. The van der Waals surface area contributed by atoms with E-state index in [1.807, 2.05) is 18.2 Å². The third kappa shape index (κ3) is 3.48. The maximum atomic E-state index is 12.1. The van der Waals surface area contributed by atoms with E-state index in [9.17, 15) is 4.79 Å². The lowest BCUT2D eigenvalue weighted by molar-refractivity contribution is -0.121. The molecule has 2 aromatic rings. The number of carbonyl (C=O) groups is 1. The Bertz CT molecular complexity index is 610. The van der Waals surface area contributed by atoms with Gasteiger partial charge in [0.05, 0.1) is 0 Å². The number of nitrogens with one attached hydrogen (secondary N) is 1. The van der Waals surface area contributed by atoms with Crippen LogP contribution < -0.4 is 5.32 Å². The van der Waals surface area contributed by atoms with Crippen molar-refractivity contribution in [1.29, 1.82) is 0 Å². The van der Waals surface area contributed by atoms with Crippen molar-refractivity contribution in [2.75, 3.05) is 6.54 Å². The highest BCUT2D eigenvalue weighted by molar-refractivity contribution is 5.77. The predicted octanol–water partition coefficient (Wildman–Crippen LogP) is 2.86. The first-order chi connectivity index (χ1) is 10.3. The summed E-state index contributed by atoms with van der Waals surface area (Å²) in [6, 6.07) is 14.3. The number of fused-ring (bicyclic) bond motifs is 1. The SMILES string of the molecule is O=C(C[C@H]1CCc2ccccc21)NCCc1ccccn1. The van der Waals surface area contributed by atoms with Crippen LogP contribution in [0.4, 0.5) is 0 Å². The van der Waals surface area contributed by atoms with Gasteiger partial charge in [0.2, 0.25) is 5.91 Å². The molecule has 1 amide bonds. The molecule has 0 aliphatic heterocycles. The first kappa shape index (κ1) is 13.8. The van der Waals surface area contributed by atoms with Crippen LogP contribution >= 0.6 is 0 Å². The lowest BCUT2D eigenvalue weighted by atomic mass is 9.97. The number of nitrogens with zero attached hydrogens (tertiary/aromatic N) is 1. The fourth-order valence-corrected chi connectivity index (χ4v) is 3.03. The largest absolute Gasteiger partial charge is 0.356 e. The molecule has 1 heterocycles. The van der Waals surface area contributed by atoms with Crippen molar-refractivity contribution in [2.24, 2.45) is 0 Å². The second-order valence-electron chi connectivity index (χ2n) is 5.56. The minimum Gasteiger partial charge on any atom is -0.356 e. The van der Waals surface area contributed by atoms with Crippen LogP contribution in [0.3, 0.4) is 0 Å². The van der Waals surface area contributed by atoms with Gasteiger partial charge in [0.25, 0.3) is 0 Å². The Morgan fingerprint density at radius 2 is 2.05 bits per heavy atom. The fourth-order valence-electron chi connectivity index (χ4n) is 3.03. The Hall–Kier alpha value is -2.16. The number of amides is 1. The molecule has 0 saturated heterocycles. The van der Waals surface area contributed by atoms with Crippen molar-refractivity contribution in [3.8, 4) is 0 Å². The average Bonchev–Trinajstić information content (AvgIpc) is 2.92. The Labute approximate surface area is 125 Å². The summed E-state index contributed by atoms with van der Waals surface area (Å²) in [5.74, 6) is 0.531. The van der Waals surface area contributed by atoms with Gasteiger partial charge in [-0.25, -0.2) is 0 Å². The van der Waals surface area contributed by atoms with Gasteiger partial charge in [-0.15, -0.1) is 0 Å². The van der Waals surface area contributed by atoms with Gasteiger partial charge in [-0.3, -0.25) is 9.78 Å². The molecule has 1 aromatic heterocycles. The molecule has 3 nitrogen and oxygen atoms in total. The molecule has 0 unspecified atom stereocenters. The van der Waals surface area contributed by atoms with Gasteiger partial charge in [0.15, 0.2) is 0 Å². The Kier molecular flexibility index (Phi) is 4.29. The van der Waals surface area contributed by atoms with Crippen molar-refractivity contribution in [2.45, 2.75) is 31.6 Å². The normalized spacial score (nSPS) is 16.5. The Balaban J connectivity index is 1.47. The molecule has 3 rings (SSSR count). The number of pyridine rings is 1. The maximum Gasteiger partial charge on any atom is 0.220 e. The quantitative estimate of drug-likeness (QED) is 0.915. The van der Waals surface area contributed by atoms with E-state index in [0.717, 1.165) is 25.0 Å². The zero-order valence-electron chi connectivity index (χ0n) is 12.1. The van der Waals surface area contributed by atoms with Crippen molar-refractivity contribution < 1.29 is 4.79 Å². The molecule has 0 saturated carbocycles. The van der Waals surface area contributed by atoms with Crippen molar-refractivity contribution in [3.05, 3.63) is 65.5 Å². The van der Waals surface area contributed by atoms with Gasteiger partial charge in [0, 0.05) is 31.3 Å². The molecule has 108 valence electrons. The molecule has 0 bridgehead atoms. The van der Waals surface area contributed by atoms with E-state index in [0.29, 0.717) is 18.9 Å². The van der Waals surface area contributed by atoms with Crippen LogP contribution in [0, 0.1) is 0 Å². The number of rotatable bonds is 5. The molecule has 0 spiro atoms. The molecular formula is C18H20N2O. The van der Waals surface area contributed by atoms with Crippen LogP contribution in [0.25, 0.3) is 0 Å². The molecule has 21 heavy (non-hydrogen) atoms. The van der Waals surface area contributed by atoms with Gasteiger partial charge in [0.1, 0.15) is 0 Å². The van der Waals surface area contributed by atoms with Crippen molar-refractivity contribution in [3.63, 3.8) is 0 Å². The highest BCUT2D eigenvalue weighted by Gasteiger charge is 2.23. The van der Waals surface area contributed by atoms with E-state index < -0.39 is 0 Å². The molecule has 0 radical (unpaired) electrons. The number of carbonyl (C=O) groups excluding carboxylic acids is 1. The first-order valence-corrected chi connectivity index (χ1v) is 7.57. The van der Waals surface area contributed by atoms with Crippen LogP contribution in [0.1, 0.15) is 35.6 Å². The first-order valence-electron chi connectivity index (χ1n) is 7.57. The summed E-state index contributed by atoms with van der Waals surface area (Å²) in [5, 5.41) is 3.01. The van der Waals surface area contributed by atoms with Crippen LogP contribution in [-0.4, -0.2) is 17.4 Å². The highest BCUT2D eigenvalue weighted by atomic mass is 16.1. The molecular weight excluding hydrogens is 260 g/mol. The zero-order valence-corrected chi connectivity index (χ0v) is 12.1. The number of hydrogen-bond acceptors (Lipinski definition) is 2. The van der Waals surface area contributed by atoms with E-state index in [1.54, 1.807) is 6.20 Å². The second kappa shape index (κ2) is 6.53. The third-order valence-corrected chi connectivity index (χ3v) is 4.12. The molecule has 1 aromatic carbocycles. The van der Waals surface area contributed by atoms with Crippen LogP contribution in [0.15, 0.2) is 48.7 Å². The van der Waals surface area contributed by atoms with E-state index >= 15 is 0 Å². The minimum absolute atomic E-state index is 0.146. The monoisotopic (exact) mass is 280 g/mol. The standard InChI is InChI=1S/C18H20N2O/c21-18(20-12-10-16-6-3-4-11-19-16)13-15-9-8-14-5-1-2-7-17(14)15/h1-7,11,15H,8-10,12-13H2,(H,20,21)/t15-/m1/s1. The number of aromatic nitrogens is 1. The smallest absolute Gasteiger partial charge is 0.220 e. The Morgan fingerprint density at radius 1 is 1.19 bits per heavy atom. The van der Waals surface area contributed by atoms with Gasteiger partial charge in [-0.1, -0.05) is 30.3 Å². The van der Waals surface area contributed by atoms with Crippen LogP contribution in [-0.2, 0) is 17.6 Å². The lowest BCUT2D eigenvalue weighted by Gasteiger charge is -2.11. The lowest BCUT2D eigenvalue weighted by Crippen LogP contribution is -2.27. The Morgan fingerprint density at radius 3 is 2.90 bits per heavy atom. The second-order valence-corrected chi connectivity index (χ2v) is 5.56. The number of hydrogen-bond donors (Lipinski definition) is 1. The third-order valence-electron chi connectivity index (χ3n) is 4.12. The summed E-state index contributed by atoms with van der Waals surface area (Å²) in [4.78, 5) is 16.3. The fraction of sp³-hybridized carbons (Fsp3) is 0.333. The topological polar surface area (TPSA) is 42.0 Å². The van der Waals surface area contributed by atoms with Gasteiger partial charge < -0.3 is 5.32 Å². The van der Waals surface area contributed by atoms with E-state index in [4.69, 9.17) is 0 Å². The van der Waals surface area contributed by atoms with Gasteiger partial charge in [-0.05, 0) is 42.0 Å². The minimum atomic E-state index is 0.146. The summed E-state index contributed by atoms with van der Waals surface area (Å²) in [6.07, 6.45) is 5.36. The number of aryl methyl sites for hydroxylation is 1. The van der Waals surface area contributed by atoms with Crippen molar-refractivity contribution >= 4 is 5.91 Å². The summed E-state index contributed by atoms with van der Waals surface area (Å²) in [6.45, 7) is 0.657. The zero-order chi connectivity index (χ0) is 14.5. The van der Waals surface area contributed by atoms with E-state index in [1.165, 1.54) is 11.1 Å². The summed E-state index contributed by atoms with van der Waals surface area (Å²) in [7, 11) is 0. The molecule has 1 aliphatic rings. The molecule has 1 N–H and O–H groups in total. The molecule has 0 fully saturated rings. The van der Waals surface area contributed by atoms with E-state index in [-0.39, 0.29) is 5.91 Å². The summed E-state index contributed by atoms with van der Waals surface area (Å²) < 4.78 is 0. The average molecular weight is 280 g/mol. The summed E-state index contributed by atoms with van der Waals surface area (Å²) in [5.41, 5.74) is 3.78. The molecule has 1 aliphatic carbocycles. The van der Waals surface area contributed by atoms with Crippen LogP contribution in [0.2, 0.25) is 0 Å². The highest BCUT2D eigenvalue weighted by Crippen LogP contribution is 2.34. The molecule has 1 atom stereocenters. The van der Waals surface area contributed by atoms with Gasteiger partial charge in [-0.2, -0.15) is 0 Å². The number of benzene rings is 1. The molecule has 3 heteroatoms. The van der Waals surface area contributed by atoms with Crippen molar-refractivity contribution in [1.82, 2.24) is 10.3 Å². The van der Waals surface area contributed by atoms with Crippen LogP contribution in [0.5, 0.6) is 0 Å². The predicted molar refractivity (Wildman–Crippen MR) is 83.1 cm³/mol. The van der Waals surface area contributed by atoms with E-state index in [2.05, 4.69) is 34.6 Å². The summed E-state index contributed by atoms with van der Waals surface area (Å²) >= 11 is 0.